The van der Waals surface area contributed by atoms with Crippen LogP contribution in [0, 0.1) is 0 Å². The standard InChI is InChI=1S/C13H17NO4/c1-8(14)6-11-4-5-12(17-9(2)15)13(7-11)18-10(3)16/h4-5,7-8H,6,14H2,1-3H3. The smallest absolute Gasteiger partial charge is 0.308 e. The molecule has 1 rings (SSSR count). The van der Waals surface area contributed by atoms with E-state index in [2.05, 4.69) is 0 Å². The van der Waals surface area contributed by atoms with Gasteiger partial charge >= 0.3 is 11.9 Å². The van der Waals surface area contributed by atoms with Crippen LogP contribution in [0.3, 0.4) is 0 Å². The molecule has 1 aromatic rings. The monoisotopic (exact) mass is 251 g/mol. The third kappa shape index (κ3) is 4.55. The van der Waals surface area contributed by atoms with Crippen LogP contribution in [0.15, 0.2) is 18.2 Å². The van der Waals surface area contributed by atoms with Gasteiger partial charge in [-0.25, -0.2) is 0 Å². The van der Waals surface area contributed by atoms with Crippen molar-refractivity contribution < 1.29 is 19.1 Å². The van der Waals surface area contributed by atoms with E-state index in [-0.39, 0.29) is 17.5 Å². The van der Waals surface area contributed by atoms with Crippen LogP contribution in [-0.4, -0.2) is 18.0 Å². The molecule has 1 unspecified atom stereocenters. The molecule has 18 heavy (non-hydrogen) atoms. The molecule has 0 aromatic heterocycles. The molecule has 1 aromatic carbocycles. The third-order valence-corrected chi connectivity index (χ3v) is 2.07. The van der Waals surface area contributed by atoms with Crippen LogP contribution in [0.25, 0.3) is 0 Å². The van der Waals surface area contributed by atoms with E-state index in [0.717, 1.165) is 5.56 Å². The first-order valence-corrected chi connectivity index (χ1v) is 5.64. The molecule has 0 saturated carbocycles. The first-order valence-electron chi connectivity index (χ1n) is 5.64. The lowest BCUT2D eigenvalue weighted by Gasteiger charge is -2.11. The quantitative estimate of drug-likeness (QED) is 0.647. The van der Waals surface area contributed by atoms with Gasteiger partial charge < -0.3 is 15.2 Å². The zero-order valence-corrected chi connectivity index (χ0v) is 10.7. The van der Waals surface area contributed by atoms with Crippen LogP contribution in [-0.2, 0) is 16.0 Å². The molecule has 0 heterocycles. The summed E-state index contributed by atoms with van der Waals surface area (Å²) in [6.07, 6.45) is 0.647. The molecule has 0 aliphatic heterocycles. The molecular formula is C13H17NO4. The van der Waals surface area contributed by atoms with Gasteiger partial charge in [-0.15, -0.1) is 0 Å². The van der Waals surface area contributed by atoms with E-state index < -0.39 is 11.9 Å². The minimum absolute atomic E-state index is 0.00486. The number of carbonyl (C=O) groups is 2. The van der Waals surface area contributed by atoms with Crippen molar-refractivity contribution >= 4 is 11.9 Å². The van der Waals surface area contributed by atoms with E-state index >= 15 is 0 Å². The summed E-state index contributed by atoms with van der Waals surface area (Å²) in [4.78, 5) is 21.9. The number of ether oxygens (including phenoxy) is 2. The lowest BCUT2D eigenvalue weighted by Crippen LogP contribution is -2.18. The van der Waals surface area contributed by atoms with Crippen LogP contribution in [0.5, 0.6) is 11.5 Å². The van der Waals surface area contributed by atoms with Crippen LogP contribution < -0.4 is 15.2 Å². The number of hydrogen-bond donors (Lipinski definition) is 1. The lowest BCUT2D eigenvalue weighted by molar-refractivity contribution is -0.134. The molecule has 2 N–H and O–H groups in total. The van der Waals surface area contributed by atoms with Crippen molar-refractivity contribution in [2.24, 2.45) is 5.73 Å². The second-order valence-electron chi connectivity index (χ2n) is 4.15. The number of carbonyl (C=O) groups excluding carboxylic acids is 2. The summed E-state index contributed by atoms with van der Waals surface area (Å²) < 4.78 is 9.97. The molecule has 0 aliphatic rings. The van der Waals surface area contributed by atoms with Gasteiger partial charge in [-0.3, -0.25) is 9.59 Å². The second kappa shape index (κ2) is 6.16. The largest absolute Gasteiger partial charge is 0.423 e. The maximum absolute atomic E-state index is 11.0. The van der Waals surface area contributed by atoms with Crippen molar-refractivity contribution in [1.29, 1.82) is 0 Å². The Labute approximate surface area is 106 Å². The minimum Gasteiger partial charge on any atom is -0.423 e. The highest BCUT2D eigenvalue weighted by atomic mass is 16.6. The fraction of sp³-hybridized carbons (Fsp3) is 0.385. The van der Waals surface area contributed by atoms with Crippen LogP contribution >= 0.6 is 0 Å². The molecule has 5 nitrogen and oxygen atoms in total. The van der Waals surface area contributed by atoms with E-state index in [0.29, 0.717) is 6.42 Å². The molecule has 98 valence electrons. The average Bonchev–Trinajstić information content (AvgIpc) is 2.19. The number of rotatable bonds is 4. The van der Waals surface area contributed by atoms with E-state index in [4.69, 9.17) is 15.2 Å². The van der Waals surface area contributed by atoms with Crippen LogP contribution in [0.4, 0.5) is 0 Å². The summed E-state index contributed by atoms with van der Waals surface area (Å²) >= 11 is 0. The Hall–Kier alpha value is -1.88. The van der Waals surface area contributed by atoms with Crippen molar-refractivity contribution in [3.63, 3.8) is 0 Å². The Balaban J connectivity index is 3.03. The first kappa shape index (κ1) is 14.2. The molecule has 0 saturated heterocycles. The van der Waals surface area contributed by atoms with Gasteiger partial charge in [0, 0.05) is 19.9 Å². The fourth-order valence-corrected chi connectivity index (χ4v) is 1.53. The predicted octanol–water partition coefficient (Wildman–Crippen LogP) is 1.43. The van der Waals surface area contributed by atoms with Crippen molar-refractivity contribution in [3.8, 4) is 11.5 Å². The topological polar surface area (TPSA) is 78.6 Å². The maximum atomic E-state index is 11.0. The maximum Gasteiger partial charge on any atom is 0.308 e. The van der Waals surface area contributed by atoms with Gasteiger partial charge in [-0.1, -0.05) is 6.07 Å². The highest BCUT2D eigenvalue weighted by Gasteiger charge is 2.11. The zero-order chi connectivity index (χ0) is 13.7. The molecule has 0 radical (unpaired) electrons. The third-order valence-electron chi connectivity index (χ3n) is 2.07. The van der Waals surface area contributed by atoms with Gasteiger partial charge in [0.05, 0.1) is 0 Å². The van der Waals surface area contributed by atoms with Crippen molar-refractivity contribution in [3.05, 3.63) is 23.8 Å². The molecule has 0 fully saturated rings. The van der Waals surface area contributed by atoms with E-state index in [9.17, 15) is 9.59 Å². The van der Waals surface area contributed by atoms with Gasteiger partial charge in [0.2, 0.25) is 0 Å². The Bertz CT molecular complexity index is 454. The summed E-state index contributed by atoms with van der Waals surface area (Å²) in [6, 6.07) is 5.03. The summed E-state index contributed by atoms with van der Waals surface area (Å²) in [5.41, 5.74) is 6.62. The molecule has 1 atom stereocenters. The summed E-state index contributed by atoms with van der Waals surface area (Å²) in [7, 11) is 0. The number of nitrogens with two attached hydrogens (primary N) is 1. The Morgan fingerprint density at radius 2 is 1.72 bits per heavy atom. The summed E-state index contributed by atoms with van der Waals surface area (Å²) in [5, 5.41) is 0. The van der Waals surface area contributed by atoms with Crippen LogP contribution in [0.1, 0.15) is 26.3 Å². The minimum atomic E-state index is -0.471. The van der Waals surface area contributed by atoms with E-state index in [1.165, 1.54) is 13.8 Å². The van der Waals surface area contributed by atoms with E-state index in [1.54, 1.807) is 18.2 Å². The SMILES string of the molecule is CC(=O)Oc1ccc(CC(C)N)cc1OC(C)=O. The number of esters is 2. The molecule has 0 bridgehead atoms. The van der Waals surface area contributed by atoms with Gasteiger partial charge in [0.15, 0.2) is 11.5 Å². The zero-order valence-electron chi connectivity index (χ0n) is 10.7. The van der Waals surface area contributed by atoms with Gasteiger partial charge in [-0.05, 0) is 31.0 Å². The van der Waals surface area contributed by atoms with Gasteiger partial charge in [0.1, 0.15) is 0 Å². The molecule has 0 aliphatic carbocycles. The second-order valence-corrected chi connectivity index (χ2v) is 4.15. The highest BCUT2D eigenvalue weighted by Crippen LogP contribution is 2.29. The van der Waals surface area contributed by atoms with Gasteiger partial charge in [0.25, 0.3) is 0 Å². The highest BCUT2D eigenvalue weighted by molar-refractivity contribution is 5.73. The summed E-state index contributed by atoms with van der Waals surface area (Å²) in [5.74, 6) is -0.480. The predicted molar refractivity (Wildman–Crippen MR) is 66.4 cm³/mol. The van der Waals surface area contributed by atoms with Crippen molar-refractivity contribution in [1.82, 2.24) is 0 Å². The van der Waals surface area contributed by atoms with Crippen molar-refractivity contribution in [2.45, 2.75) is 33.2 Å². The molecular weight excluding hydrogens is 234 g/mol. The fourth-order valence-electron chi connectivity index (χ4n) is 1.53. The number of benzene rings is 1. The van der Waals surface area contributed by atoms with Crippen molar-refractivity contribution in [2.75, 3.05) is 0 Å². The molecule has 5 heteroatoms. The number of hydrogen-bond acceptors (Lipinski definition) is 5. The Morgan fingerprint density at radius 3 is 2.22 bits per heavy atom. The first-order chi connectivity index (χ1) is 8.38. The summed E-state index contributed by atoms with van der Waals surface area (Å²) in [6.45, 7) is 4.45. The van der Waals surface area contributed by atoms with E-state index in [1.807, 2.05) is 6.92 Å². The Kier molecular flexibility index (Phi) is 4.85. The average molecular weight is 251 g/mol. The lowest BCUT2D eigenvalue weighted by atomic mass is 10.1. The Morgan fingerprint density at radius 1 is 1.17 bits per heavy atom. The normalized spacial score (nSPS) is 11.8. The molecule has 0 spiro atoms. The van der Waals surface area contributed by atoms with Crippen LogP contribution in [0.2, 0.25) is 0 Å². The molecule has 0 amide bonds. The van der Waals surface area contributed by atoms with Gasteiger partial charge in [-0.2, -0.15) is 0 Å².